The molecule has 6 nitrogen and oxygen atoms in total. The lowest BCUT2D eigenvalue weighted by Crippen LogP contribution is -2.56. The molecule has 0 spiro atoms. The number of hydrogen-bond donors (Lipinski definition) is 0. The number of anilines is 1. The number of piperazine rings is 2. The second-order valence-electron chi connectivity index (χ2n) is 9.05. The highest BCUT2D eigenvalue weighted by Crippen LogP contribution is 2.37. The van der Waals surface area contributed by atoms with E-state index in [9.17, 15) is 22.8 Å². The van der Waals surface area contributed by atoms with Crippen LogP contribution >= 0.6 is 0 Å². The number of benzene rings is 1. The Labute approximate surface area is 186 Å². The molecule has 1 aromatic carbocycles. The Balaban J connectivity index is 1.30. The number of amides is 1. The fourth-order valence-corrected chi connectivity index (χ4v) is 4.78. The minimum atomic E-state index is -4.53. The maximum Gasteiger partial charge on any atom is 0.418 e. The molecular formula is C23H31F3N4O2. The van der Waals surface area contributed by atoms with E-state index in [4.69, 9.17) is 0 Å². The van der Waals surface area contributed by atoms with Gasteiger partial charge in [-0.15, -0.1) is 0 Å². The molecule has 0 bridgehead atoms. The number of carbonyl (C=O) groups excluding carboxylic acids is 2. The standard InChI is InChI=1S/C23H31F3N4O2/c1-17(31)18-5-6-21(20(15-18)23(24,25)26)29-9-7-27(8-10-29)16-22(32)30-13-11-28(12-14-30)19-3-2-4-19/h5-6,15,19H,2-4,7-14,16H2,1H3. The van der Waals surface area contributed by atoms with E-state index in [2.05, 4.69) is 4.90 Å². The smallest absolute Gasteiger partial charge is 0.368 e. The molecule has 32 heavy (non-hydrogen) atoms. The molecule has 2 heterocycles. The minimum Gasteiger partial charge on any atom is -0.368 e. The summed E-state index contributed by atoms with van der Waals surface area (Å²) in [5.41, 5.74) is -0.623. The number of nitrogens with zero attached hydrogens (tertiary/aromatic N) is 4. The molecule has 1 saturated carbocycles. The predicted molar refractivity (Wildman–Crippen MR) is 116 cm³/mol. The SMILES string of the molecule is CC(=O)c1ccc(N2CCN(CC(=O)N3CCN(C4CCC4)CC3)CC2)c(C(F)(F)F)c1. The van der Waals surface area contributed by atoms with Crippen molar-refractivity contribution in [3.63, 3.8) is 0 Å². The highest BCUT2D eigenvalue weighted by molar-refractivity contribution is 5.94. The van der Waals surface area contributed by atoms with Crippen molar-refractivity contribution in [2.24, 2.45) is 0 Å². The molecule has 0 atom stereocenters. The van der Waals surface area contributed by atoms with Gasteiger partial charge in [-0.05, 0) is 38.0 Å². The second kappa shape index (κ2) is 9.39. The molecule has 4 rings (SSSR count). The summed E-state index contributed by atoms with van der Waals surface area (Å²) in [7, 11) is 0. The van der Waals surface area contributed by atoms with Gasteiger partial charge in [0.15, 0.2) is 5.78 Å². The Morgan fingerprint density at radius 2 is 1.62 bits per heavy atom. The largest absolute Gasteiger partial charge is 0.418 e. The van der Waals surface area contributed by atoms with Crippen molar-refractivity contribution in [2.45, 2.75) is 38.4 Å². The summed E-state index contributed by atoms with van der Waals surface area (Å²) in [5.74, 6) is -0.285. The molecule has 0 aromatic heterocycles. The highest BCUT2D eigenvalue weighted by Gasteiger charge is 2.36. The van der Waals surface area contributed by atoms with Crippen molar-refractivity contribution in [3.8, 4) is 0 Å². The molecule has 0 unspecified atom stereocenters. The van der Waals surface area contributed by atoms with Gasteiger partial charge in [-0.3, -0.25) is 19.4 Å². The van der Waals surface area contributed by atoms with Crippen LogP contribution in [0.4, 0.5) is 18.9 Å². The summed E-state index contributed by atoms with van der Waals surface area (Å²) < 4.78 is 40.8. The maximum atomic E-state index is 13.6. The molecule has 3 fully saturated rings. The lowest BCUT2D eigenvalue weighted by molar-refractivity contribution is -0.137. The molecular weight excluding hydrogens is 421 g/mol. The summed E-state index contributed by atoms with van der Waals surface area (Å²) in [6.45, 7) is 6.82. The molecule has 0 N–H and O–H groups in total. The van der Waals surface area contributed by atoms with Crippen LogP contribution in [-0.4, -0.2) is 91.3 Å². The van der Waals surface area contributed by atoms with Gasteiger partial charge in [0, 0.05) is 69.7 Å². The molecule has 0 radical (unpaired) electrons. The molecule has 9 heteroatoms. The molecule has 1 aromatic rings. The Hall–Kier alpha value is -2.13. The number of Topliss-reactive ketones (excluding diaryl/α,β-unsaturated/α-hetero) is 1. The molecule has 2 aliphatic heterocycles. The van der Waals surface area contributed by atoms with Crippen LogP contribution in [0.15, 0.2) is 18.2 Å². The lowest BCUT2D eigenvalue weighted by atomic mass is 9.91. The first-order valence-corrected chi connectivity index (χ1v) is 11.4. The van der Waals surface area contributed by atoms with Crippen molar-refractivity contribution in [1.29, 1.82) is 0 Å². The number of alkyl halides is 3. The Bertz CT molecular complexity index is 840. The minimum absolute atomic E-state index is 0.0581. The third-order valence-electron chi connectivity index (χ3n) is 7.04. The Kier molecular flexibility index (Phi) is 6.76. The van der Waals surface area contributed by atoms with Crippen LogP contribution in [0.3, 0.4) is 0 Å². The van der Waals surface area contributed by atoms with E-state index in [1.165, 1.54) is 38.3 Å². The average molecular weight is 453 g/mol. The molecule has 176 valence electrons. The van der Waals surface area contributed by atoms with Crippen molar-refractivity contribution < 1.29 is 22.8 Å². The number of carbonyl (C=O) groups is 2. The first kappa shape index (κ1) is 23.0. The van der Waals surface area contributed by atoms with Gasteiger partial charge in [-0.2, -0.15) is 13.2 Å². The van der Waals surface area contributed by atoms with E-state index in [0.29, 0.717) is 38.8 Å². The fraction of sp³-hybridized carbons (Fsp3) is 0.652. The van der Waals surface area contributed by atoms with Crippen LogP contribution in [0.1, 0.15) is 42.1 Å². The third-order valence-corrected chi connectivity index (χ3v) is 7.04. The zero-order chi connectivity index (χ0) is 22.9. The lowest BCUT2D eigenvalue weighted by Gasteiger charge is -2.43. The topological polar surface area (TPSA) is 47.1 Å². The van der Waals surface area contributed by atoms with Crippen molar-refractivity contribution in [1.82, 2.24) is 14.7 Å². The van der Waals surface area contributed by atoms with E-state index < -0.39 is 11.7 Å². The second-order valence-corrected chi connectivity index (χ2v) is 9.05. The van der Waals surface area contributed by atoms with E-state index in [-0.39, 0.29) is 22.9 Å². The van der Waals surface area contributed by atoms with Gasteiger partial charge in [-0.1, -0.05) is 6.42 Å². The van der Waals surface area contributed by atoms with E-state index >= 15 is 0 Å². The van der Waals surface area contributed by atoms with Gasteiger partial charge < -0.3 is 9.80 Å². The molecule has 1 amide bonds. The first-order valence-electron chi connectivity index (χ1n) is 11.4. The van der Waals surface area contributed by atoms with Crippen LogP contribution in [0.5, 0.6) is 0 Å². The number of ketones is 1. The third kappa shape index (κ3) is 5.09. The summed E-state index contributed by atoms with van der Waals surface area (Å²) in [6, 6.07) is 4.48. The monoisotopic (exact) mass is 452 g/mol. The van der Waals surface area contributed by atoms with E-state index in [0.717, 1.165) is 32.2 Å². The van der Waals surface area contributed by atoms with Crippen LogP contribution in [0, 0.1) is 0 Å². The van der Waals surface area contributed by atoms with Crippen LogP contribution < -0.4 is 4.90 Å². The van der Waals surface area contributed by atoms with E-state index in [1.807, 2.05) is 9.80 Å². The van der Waals surface area contributed by atoms with Crippen LogP contribution in [0.2, 0.25) is 0 Å². The van der Waals surface area contributed by atoms with Gasteiger partial charge in [0.25, 0.3) is 0 Å². The summed E-state index contributed by atoms with van der Waals surface area (Å²) >= 11 is 0. The van der Waals surface area contributed by atoms with Gasteiger partial charge in [0.05, 0.1) is 12.1 Å². The summed E-state index contributed by atoms with van der Waals surface area (Å²) in [4.78, 5) is 32.4. The van der Waals surface area contributed by atoms with Gasteiger partial charge in [0.1, 0.15) is 0 Å². The summed E-state index contributed by atoms with van der Waals surface area (Å²) in [5, 5.41) is 0. The van der Waals surface area contributed by atoms with Crippen LogP contribution in [0.25, 0.3) is 0 Å². The van der Waals surface area contributed by atoms with Crippen molar-refractivity contribution in [2.75, 3.05) is 63.8 Å². The Morgan fingerprint density at radius 1 is 0.969 bits per heavy atom. The summed E-state index contributed by atoms with van der Waals surface area (Å²) in [6.07, 6.45) is -0.686. The number of rotatable bonds is 5. The van der Waals surface area contributed by atoms with Crippen LogP contribution in [-0.2, 0) is 11.0 Å². The van der Waals surface area contributed by atoms with Crippen molar-refractivity contribution >= 4 is 17.4 Å². The van der Waals surface area contributed by atoms with Gasteiger partial charge >= 0.3 is 6.18 Å². The molecule has 1 aliphatic carbocycles. The first-order chi connectivity index (χ1) is 15.2. The number of hydrogen-bond acceptors (Lipinski definition) is 5. The van der Waals surface area contributed by atoms with Gasteiger partial charge in [0.2, 0.25) is 5.91 Å². The average Bonchev–Trinajstić information content (AvgIpc) is 2.72. The fourth-order valence-electron chi connectivity index (χ4n) is 4.78. The molecule has 2 saturated heterocycles. The predicted octanol–water partition coefficient (Wildman–Crippen LogP) is 2.73. The van der Waals surface area contributed by atoms with Gasteiger partial charge in [-0.25, -0.2) is 0 Å². The maximum absolute atomic E-state index is 13.6. The normalized spacial score (nSPS) is 21.5. The van der Waals surface area contributed by atoms with Crippen molar-refractivity contribution in [3.05, 3.63) is 29.3 Å². The highest BCUT2D eigenvalue weighted by atomic mass is 19.4. The zero-order valence-corrected chi connectivity index (χ0v) is 18.5. The zero-order valence-electron chi connectivity index (χ0n) is 18.5. The Morgan fingerprint density at radius 3 is 2.16 bits per heavy atom. The van der Waals surface area contributed by atoms with E-state index in [1.54, 1.807) is 4.90 Å². The number of halogens is 3. The molecule has 3 aliphatic rings. The quantitative estimate of drug-likeness (QED) is 0.643.